The average molecular weight is 549 g/mol. The van der Waals surface area contributed by atoms with Crippen LogP contribution in [0.5, 0.6) is 0 Å². The molecule has 0 aromatic heterocycles. The monoisotopic (exact) mass is 548 g/mol. The molecule has 0 unspecified atom stereocenters. The molecule has 1 fully saturated rings. The van der Waals surface area contributed by atoms with Crippen LogP contribution in [-0.2, 0) is 9.59 Å². The third-order valence-electron chi connectivity index (χ3n) is 5.48. The van der Waals surface area contributed by atoms with Crippen LogP contribution in [0.3, 0.4) is 0 Å². The van der Waals surface area contributed by atoms with Crippen molar-refractivity contribution in [2.75, 3.05) is 10.2 Å². The lowest BCUT2D eigenvalue weighted by Crippen LogP contribution is -2.29. The summed E-state index contributed by atoms with van der Waals surface area (Å²) in [4.78, 5) is 27.9. The fourth-order valence-electron chi connectivity index (χ4n) is 3.87. The third-order valence-corrected chi connectivity index (χ3v) is 6.93. The standard InChI is InChI=1S/C26H18BrFN4O2S/c1-14-6-9-21(15(2)10-14)32-25(34)22(12-16-4-3-5-17(27)11-16)35-26(32)31-30-23-19-13-18(28)7-8-20(19)29-24(23)33/h3-13H,1-2H3,(H,29,30,33). The van der Waals surface area contributed by atoms with E-state index in [0.717, 1.165) is 32.9 Å². The van der Waals surface area contributed by atoms with E-state index >= 15 is 0 Å². The van der Waals surface area contributed by atoms with Gasteiger partial charge in [0.25, 0.3) is 11.8 Å². The van der Waals surface area contributed by atoms with E-state index in [2.05, 4.69) is 31.4 Å². The van der Waals surface area contributed by atoms with Gasteiger partial charge in [0.2, 0.25) is 5.17 Å². The van der Waals surface area contributed by atoms with Crippen LogP contribution in [0.1, 0.15) is 22.3 Å². The van der Waals surface area contributed by atoms with Gasteiger partial charge < -0.3 is 5.32 Å². The van der Waals surface area contributed by atoms with Gasteiger partial charge in [-0.3, -0.25) is 14.5 Å². The highest BCUT2D eigenvalue weighted by Gasteiger charge is 2.36. The fourth-order valence-corrected chi connectivity index (χ4v) is 5.22. The first kappa shape index (κ1) is 23.2. The number of nitrogens with one attached hydrogen (secondary N) is 1. The van der Waals surface area contributed by atoms with E-state index in [9.17, 15) is 14.0 Å². The van der Waals surface area contributed by atoms with E-state index in [4.69, 9.17) is 0 Å². The number of hydrogen-bond acceptors (Lipinski definition) is 5. The van der Waals surface area contributed by atoms with Crippen molar-refractivity contribution in [1.82, 2.24) is 0 Å². The summed E-state index contributed by atoms with van der Waals surface area (Å²) in [7, 11) is 0. The van der Waals surface area contributed by atoms with E-state index < -0.39 is 11.7 Å². The first-order valence-electron chi connectivity index (χ1n) is 10.6. The van der Waals surface area contributed by atoms with Gasteiger partial charge in [-0.2, -0.15) is 0 Å². The molecule has 3 aromatic rings. The van der Waals surface area contributed by atoms with Crippen molar-refractivity contribution in [2.24, 2.45) is 10.2 Å². The zero-order valence-electron chi connectivity index (χ0n) is 18.7. The van der Waals surface area contributed by atoms with Gasteiger partial charge in [-0.15, -0.1) is 10.2 Å². The number of carbonyl (C=O) groups excluding carboxylic acids is 2. The minimum absolute atomic E-state index is 0.00922. The Morgan fingerprint density at radius 1 is 1.03 bits per heavy atom. The minimum atomic E-state index is -0.484. The number of halogens is 2. The Labute approximate surface area is 213 Å². The number of hydrogen-bond donors (Lipinski definition) is 1. The second-order valence-corrected chi connectivity index (χ2v) is 10.00. The average Bonchev–Trinajstić information content (AvgIpc) is 3.28. The largest absolute Gasteiger partial charge is 0.320 e. The predicted molar refractivity (Wildman–Crippen MR) is 142 cm³/mol. The van der Waals surface area contributed by atoms with Crippen LogP contribution in [0, 0.1) is 19.7 Å². The zero-order valence-corrected chi connectivity index (χ0v) is 21.1. The molecular formula is C26H18BrFN4O2S. The molecule has 6 nitrogen and oxygen atoms in total. The quantitative estimate of drug-likeness (QED) is 0.320. The van der Waals surface area contributed by atoms with Gasteiger partial charge in [0.15, 0.2) is 5.71 Å². The number of amides is 2. The summed E-state index contributed by atoms with van der Waals surface area (Å²) in [6.07, 6.45) is 1.79. The summed E-state index contributed by atoms with van der Waals surface area (Å²) in [6.45, 7) is 3.90. The number of nitrogens with zero attached hydrogens (tertiary/aromatic N) is 3. The van der Waals surface area contributed by atoms with E-state index in [-0.39, 0.29) is 11.6 Å². The number of benzene rings is 3. The maximum atomic E-state index is 13.8. The summed E-state index contributed by atoms with van der Waals surface area (Å²) in [5.41, 5.74) is 4.27. The Bertz CT molecular complexity index is 1500. The molecule has 2 heterocycles. The zero-order chi connectivity index (χ0) is 24.7. The topological polar surface area (TPSA) is 74.1 Å². The lowest BCUT2D eigenvalue weighted by molar-refractivity contribution is -0.113. The van der Waals surface area contributed by atoms with Gasteiger partial charge in [0, 0.05) is 10.0 Å². The summed E-state index contributed by atoms with van der Waals surface area (Å²) in [5, 5.41) is 11.4. The number of amidine groups is 1. The number of anilines is 2. The molecule has 0 spiro atoms. The maximum absolute atomic E-state index is 13.8. The molecule has 3 aromatic carbocycles. The lowest BCUT2D eigenvalue weighted by atomic mass is 10.1. The molecule has 0 radical (unpaired) electrons. The van der Waals surface area contributed by atoms with Crippen LogP contribution >= 0.6 is 27.7 Å². The van der Waals surface area contributed by atoms with E-state index in [1.807, 2.05) is 56.3 Å². The molecule has 2 amide bonds. The molecule has 9 heteroatoms. The second kappa shape index (κ2) is 9.24. The fraction of sp³-hybridized carbons (Fsp3) is 0.0769. The van der Waals surface area contributed by atoms with Crippen molar-refractivity contribution < 1.29 is 14.0 Å². The van der Waals surface area contributed by atoms with Crippen LogP contribution in [0.4, 0.5) is 15.8 Å². The van der Waals surface area contributed by atoms with E-state index in [0.29, 0.717) is 27.0 Å². The first-order valence-corrected chi connectivity index (χ1v) is 12.2. The van der Waals surface area contributed by atoms with Crippen molar-refractivity contribution in [3.63, 3.8) is 0 Å². The number of thioether (sulfide) groups is 1. The normalized spacial score (nSPS) is 18.6. The van der Waals surface area contributed by atoms with Gasteiger partial charge in [0.1, 0.15) is 5.82 Å². The maximum Gasteiger partial charge on any atom is 0.276 e. The first-order chi connectivity index (χ1) is 16.8. The van der Waals surface area contributed by atoms with E-state index in [1.165, 1.54) is 23.1 Å². The van der Waals surface area contributed by atoms with Crippen molar-refractivity contribution in [3.05, 3.63) is 98.1 Å². The van der Waals surface area contributed by atoms with Crippen LogP contribution in [-0.4, -0.2) is 22.7 Å². The summed E-state index contributed by atoms with van der Waals surface area (Å²) >= 11 is 4.62. The van der Waals surface area contributed by atoms with Crippen LogP contribution in [0.15, 0.2) is 80.2 Å². The summed E-state index contributed by atoms with van der Waals surface area (Å²) in [6, 6.07) is 17.3. The van der Waals surface area contributed by atoms with Gasteiger partial charge >= 0.3 is 0 Å². The molecule has 1 N–H and O–H groups in total. The van der Waals surface area contributed by atoms with Crippen molar-refractivity contribution in [2.45, 2.75) is 13.8 Å². The molecule has 5 rings (SSSR count). The van der Waals surface area contributed by atoms with Gasteiger partial charge in [-0.05, 0) is 79.2 Å². The predicted octanol–water partition coefficient (Wildman–Crippen LogP) is 6.04. The molecule has 35 heavy (non-hydrogen) atoms. The highest BCUT2D eigenvalue weighted by atomic mass is 79.9. The second-order valence-electron chi connectivity index (χ2n) is 8.07. The molecule has 1 saturated heterocycles. The molecule has 0 bridgehead atoms. The minimum Gasteiger partial charge on any atom is -0.320 e. The highest BCUT2D eigenvalue weighted by molar-refractivity contribution is 9.10. The van der Waals surface area contributed by atoms with Crippen molar-refractivity contribution in [3.8, 4) is 0 Å². The molecular weight excluding hydrogens is 531 g/mol. The Morgan fingerprint density at radius 2 is 1.86 bits per heavy atom. The Hall–Kier alpha value is -3.56. The van der Waals surface area contributed by atoms with Crippen molar-refractivity contribution >= 4 is 67.8 Å². The third kappa shape index (κ3) is 4.56. The smallest absolute Gasteiger partial charge is 0.276 e. The van der Waals surface area contributed by atoms with E-state index in [1.54, 1.807) is 6.08 Å². The SMILES string of the molecule is Cc1ccc(N2C(=O)C(=Cc3cccc(Br)c3)SC2=NN=C2C(=O)Nc3ccc(F)cc32)c(C)c1. The number of fused-ring (bicyclic) bond motifs is 1. The summed E-state index contributed by atoms with van der Waals surface area (Å²) in [5.74, 6) is -1.21. The van der Waals surface area contributed by atoms with Crippen LogP contribution < -0.4 is 10.2 Å². The number of aryl methyl sites for hydroxylation is 2. The van der Waals surface area contributed by atoms with Gasteiger partial charge in [-0.25, -0.2) is 4.39 Å². The molecule has 0 aliphatic carbocycles. The molecule has 0 saturated carbocycles. The summed E-state index contributed by atoms with van der Waals surface area (Å²) < 4.78 is 14.7. The number of rotatable bonds is 3. The van der Waals surface area contributed by atoms with Crippen LogP contribution in [0.2, 0.25) is 0 Å². The van der Waals surface area contributed by atoms with Gasteiger partial charge in [0.05, 0.1) is 16.3 Å². The highest BCUT2D eigenvalue weighted by Crippen LogP contribution is 2.38. The van der Waals surface area contributed by atoms with Crippen molar-refractivity contribution in [1.29, 1.82) is 0 Å². The Morgan fingerprint density at radius 3 is 2.63 bits per heavy atom. The molecule has 174 valence electrons. The van der Waals surface area contributed by atoms with Crippen LogP contribution in [0.25, 0.3) is 6.08 Å². The number of carbonyl (C=O) groups is 2. The molecule has 0 atom stereocenters. The molecule has 2 aliphatic heterocycles. The van der Waals surface area contributed by atoms with Gasteiger partial charge in [-0.1, -0.05) is 45.8 Å². The lowest BCUT2D eigenvalue weighted by Gasteiger charge is -2.17. The Balaban J connectivity index is 1.60. The Kier molecular flexibility index (Phi) is 6.12. The molecule has 2 aliphatic rings.